The molecule has 10 nitrogen and oxygen atoms in total. The van der Waals surface area contributed by atoms with Gasteiger partial charge in [-0.3, -0.25) is 9.78 Å². The molecule has 3 aromatic rings. The summed E-state index contributed by atoms with van der Waals surface area (Å²) in [7, 11) is 0. The zero-order valence-corrected chi connectivity index (χ0v) is 23.2. The van der Waals surface area contributed by atoms with E-state index in [4.69, 9.17) is 9.84 Å². The topological polar surface area (TPSA) is 135 Å². The Balaban J connectivity index is 1.57. The zero-order chi connectivity index (χ0) is 28.7. The van der Waals surface area contributed by atoms with Crippen molar-refractivity contribution in [3.05, 3.63) is 77.2 Å². The summed E-state index contributed by atoms with van der Waals surface area (Å²) in [6.07, 6.45) is 6.43. The maximum atomic E-state index is 13.8. The molecule has 10 heteroatoms. The number of alkyl carbamates (subject to hydrolysis) is 1. The molecule has 0 saturated carbocycles. The molecule has 0 radical (unpaired) electrons. The lowest BCUT2D eigenvalue weighted by Gasteiger charge is -2.23. The first-order valence-electron chi connectivity index (χ1n) is 13.5. The van der Waals surface area contributed by atoms with E-state index in [1.165, 1.54) is 0 Å². The number of aromatic nitrogens is 2. The van der Waals surface area contributed by atoms with Gasteiger partial charge in [-0.05, 0) is 69.2 Å². The van der Waals surface area contributed by atoms with Gasteiger partial charge < -0.3 is 30.4 Å². The van der Waals surface area contributed by atoms with Crippen LogP contribution in [0.5, 0.6) is 0 Å². The van der Waals surface area contributed by atoms with Crippen LogP contribution in [0.3, 0.4) is 0 Å². The molecule has 1 aromatic carbocycles. The summed E-state index contributed by atoms with van der Waals surface area (Å²) in [6.45, 7) is 6.46. The van der Waals surface area contributed by atoms with Crippen molar-refractivity contribution in [3.63, 3.8) is 0 Å². The lowest BCUT2D eigenvalue weighted by Crippen LogP contribution is -2.46. The third-order valence-corrected chi connectivity index (χ3v) is 6.63. The fourth-order valence-corrected chi connectivity index (χ4v) is 4.96. The molecule has 212 valence electrons. The highest BCUT2D eigenvalue weighted by molar-refractivity contribution is 5.98. The van der Waals surface area contributed by atoms with E-state index < -0.39 is 17.8 Å². The standard InChI is InChI=1S/C30H37N5O5/c1-30(2,3)40-29(39)33-18-22(16-20-8-5-4-6-9-20)34-27(36)25-19-35(15-7-13-32-28(37)38)26-23-12-14-31-17-21(23)10-11-24(25)26/h4-6,8-9,12,14,17,19,22,32H,7,10-11,13,15-16,18H2,1-3H3,(H,33,39)(H,34,36)(H,37,38)/t22-/m0/s1. The van der Waals surface area contributed by atoms with E-state index in [9.17, 15) is 14.4 Å². The van der Waals surface area contributed by atoms with Crippen LogP contribution in [0.2, 0.25) is 0 Å². The van der Waals surface area contributed by atoms with Crippen molar-refractivity contribution in [2.24, 2.45) is 0 Å². The van der Waals surface area contributed by atoms with Crippen LogP contribution in [0, 0.1) is 0 Å². The van der Waals surface area contributed by atoms with E-state index in [0.717, 1.165) is 34.4 Å². The molecule has 0 spiro atoms. The van der Waals surface area contributed by atoms with Gasteiger partial charge in [0.1, 0.15) is 5.60 Å². The van der Waals surface area contributed by atoms with Crippen LogP contribution >= 0.6 is 0 Å². The summed E-state index contributed by atoms with van der Waals surface area (Å²) in [5.41, 5.74) is 5.07. The summed E-state index contributed by atoms with van der Waals surface area (Å²) in [6, 6.07) is 11.4. The van der Waals surface area contributed by atoms with Crippen molar-refractivity contribution in [2.45, 2.75) is 64.6 Å². The van der Waals surface area contributed by atoms with Gasteiger partial charge in [0, 0.05) is 43.8 Å². The summed E-state index contributed by atoms with van der Waals surface area (Å²) in [4.78, 5) is 41.3. The van der Waals surface area contributed by atoms with Crippen LogP contribution in [-0.2, 0) is 30.5 Å². The van der Waals surface area contributed by atoms with Crippen LogP contribution in [-0.4, -0.2) is 57.5 Å². The van der Waals surface area contributed by atoms with E-state index in [2.05, 4.69) is 20.9 Å². The second-order valence-corrected chi connectivity index (χ2v) is 10.9. The molecule has 0 aliphatic heterocycles. The molecule has 0 unspecified atom stereocenters. The van der Waals surface area contributed by atoms with Gasteiger partial charge in [-0.2, -0.15) is 0 Å². The molecule has 2 heterocycles. The molecule has 1 aliphatic rings. The number of nitrogens with zero attached hydrogens (tertiary/aromatic N) is 2. The minimum Gasteiger partial charge on any atom is -0.465 e. The molecule has 0 saturated heterocycles. The van der Waals surface area contributed by atoms with Crippen LogP contribution in [0.25, 0.3) is 11.3 Å². The van der Waals surface area contributed by atoms with Crippen LogP contribution in [0.1, 0.15) is 54.2 Å². The number of ether oxygens (including phenoxy) is 1. The molecule has 1 aliphatic carbocycles. The summed E-state index contributed by atoms with van der Waals surface area (Å²) in [5, 5.41) is 17.3. The largest absolute Gasteiger partial charge is 0.465 e. The van der Waals surface area contributed by atoms with E-state index in [1.807, 2.05) is 53.4 Å². The van der Waals surface area contributed by atoms with Crippen molar-refractivity contribution in [1.82, 2.24) is 25.5 Å². The molecular formula is C30H37N5O5. The summed E-state index contributed by atoms with van der Waals surface area (Å²) < 4.78 is 7.43. The molecule has 3 amide bonds. The second-order valence-electron chi connectivity index (χ2n) is 10.9. The maximum Gasteiger partial charge on any atom is 0.407 e. The molecular weight excluding hydrogens is 510 g/mol. The summed E-state index contributed by atoms with van der Waals surface area (Å²) in [5.74, 6) is -0.219. The molecule has 4 N–H and O–H groups in total. The Morgan fingerprint density at radius 1 is 1.10 bits per heavy atom. The van der Waals surface area contributed by atoms with E-state index in [1.54, 1.807) is 27.0 Å². The number of carbonyl (C=O) groups is 3. The Morgan fingerprint density at radius 2 is 1.88 bits per heavy atom. The highest BCUT2D eigenvalue weighted by Crippen LogP contribution is 2.36. The third kappa shape index (κ3) is 7.62. The monoisotopic (exact) mass is 547 g/mol. The Morgan fingerprint density at radius 3 is 2.60 bits per heavy atom. The molecule has 0 bridgehead atoms. The lowest BCUT2D eigenvalue weighted by molar-refractivity contribution is 0.0519. The van der Waals surface area contributed by atoms with Gasteiger partial charge in [-0.1, -0.05) is 30.3 Å². The van der Waals surface area contributed by atoms with Crippen LogP contribution < -0.4 is 16.0 Å². The first-order valence-corrected chi connectivity index (χ1v) is 13.5. The van der Waals surface area contributed by atoms with E-state index in [0.29, 0.717) is 37.9 Å². The van der Waals surface area contributed by atoms with Crippen molar-refractivity contribution < 1.29 is 24.2 Å². The van der Waals surface area contributed by atoms with E-state index in [-0.39, 0.29) is 18.5 Å². The maximum absolute atomic E-state index is 13.8. The zero-order valence-electron chi connectivity index (χ0n) is 23.2. The second kappa shape index (κ2) is 12.7. The smallest absolute Gasteiger partial charge is 0.407 e. The number of aryl methyl sites for hydroxylation is 2. The number of rotatable bonds is 10. The van der Waals surface area contributed by atoms with Gasteiger partial charge in [0.25, 0.3) is 5.91 Å². The van der Waals surface area contributed by atoms with Crippen LogP contribution in [0.4, 0.5) is 9.59 Å². The fourth-order valence-electron chi connectivity index (χ4n) is 4.96. The van der Waals surface area contributed by atoms with Gasteiger partial charge in [0.2, 0.25) is 0 Å². The van der Waals surface area contributed by atoms with Crippen molar-refractivity contribution in [3.8, 4) is 11.3 Å². The fraction of sp³-hybridized carbons (Fsp3) is 0.400. The Bertz CT molecular complexity index is 1350. The average molecular weight is 548 g/mol. The van der Waals surface area contributed by atoms with Gasteiger partial charge in [0.05, 0.1) is 17.3 Å². The highest BCUT2D eigenvalue weighted by Gasteiger charge is 2.28. The van der Waals surface area contributed by atoms with E-state index >= 15 is 0 Å². The molecule has 1 atom stereocenters. The SMILES string of the molecule is CC(C)(C)OC(=O)NC[C@H](Cc1ccccc1)NC(=O)c1cn(CCCNC(=O)O)c2c1CCc1cnccc1-2. The molecule has 40 heavy (non-hydrogen) atoms. The van der Waals surface area contributed by atoms with Gasteiger partial charge in [0.15, 0.2) is 0 Å². The van der Waals surface area contributed by atoms with Crippen molar-refractivity contribution in [2.75, 3.05) is 13.1 Å². The number of amides is 3. The highest BCUT2D eigenvalue weighted by atomic mass is 16.6. The number of hydrogen-bond donors (Lipinski definition) is 4. The number of fused-ring (bicyclic) bond motifs is 3. The predicted octanol–water partition coefficient (Wildman–Crippen LogP) is 4.17. The Kier molecular flexibility index (Phi) is 9.08. The Labute approximate surface area is 234 Å². The molecule has 4 rings (SSSR count). The van der Waals surface area contributed by atoms with Gasteiger partial charge in [-0.25, -0.2) is 9.59 Å². The minimum atomic E-state index is -1.06. The lowest BCUT2D eigenvalue weighted by atomic mass is 9.89. The number of nitrogens with one attached hydrogen (secondary N) is 3. The van der Waals surface area contributed by atoms with Gasteiger partial charge in [-0.15, -0.1) is 0 Å². The van der Waals surface area contributed by atoms with Crippen molar-refractivity contribution in [1.29, 1.82) is 0 Å². The van der Waals surface area contributed by atoms with Crippen molar-refractivity contribution >= 4 is 18.1 Å². The van der Waals surface area contributed by atoms with Crippen LogP contribution in [0.15, 0.2) is 55.0 Å². The average Bonchev–Trinajstić information content (AvgIpc) is 3.28. The number of benzene rings is 1. The first-order chi connectivity index (χ1) is 19.1. The minimum absolute atomic E-state index is 0.202. The number of carbonyl (C=O) groups excluding carboxylic acids is 2. The third-order valence-electron chi connectivity index (χ3n) is 6.63. The summed E-state index contributed by atoms with van der Waals surface area (Å²) >= 11 is 0. The Hall–Kier alpha value is -4.34. The molecule has 0 fully saturated rings. The predicted molar refractivity (Wildman–Crippen MR) is 151 cm³/mol. The molecule has 2 aromatic heterocycles. The number of carboxylic acid groups (broad SMARTS) is 1. The quantitative estimate of drug-likeness (QED) is 0.282. The normalized spacial score (nSPS) is 13.0. The number of pyridine rings is 1. The first kappa shape index (κ1) is 28.7. The van der Waals surface area contributed by atoms with Gasteiger partial charge >= 0.3 is 12.2 Å². The number of hydrogen-bond acceptors (Lipinski definition) is 5.